The second-order valence-electron chi connectivity index (χ2n) is 4.01. The smallest absolute Gasteiger partial charge is 0.327 e. The SMILES string of the molecule is COc1ccc2nc3nc(SC)[nH]c(=O)c3[n+]([O-])c2c1. The van der Waals surface area contributed by atoms with Gasteiger partial charge in [-0.3, -0.25) is 9.78 Å². The largest absolute Gasteiger partial charge is 0.618 e. The standard InChI is InChI=1S/C12H10N4O3S/c1-19-6-3-4-7-8(5-6)16(18)9-10(13-7)14-12(20-2)15-11(9)17/h3-5H,1-2H3,(H,13,14,15,17). The Bertz CT molecular complexity index is 878. The molecule has 1 aromatic carbocycles. The van der Waals surface area contributed by atoms with Gasteiger partial charge in [-0.05, 0) is 18.4 Å². The van der Waals surface area contributed by atoms with Gasteiger partial charge < -0.3 is 9.94 Å². The van der Waals surface area contributed by atoms with E-state index in [4.69, 9.17) is 4.74 Å². The molecule has 0 atom stereocenters. The van der Waals surface area contributed by atoms with Gasteiger partial charge in [0.1, 0.15) is 11.3 Å². The lowest BCUT2D eigenvalue weighted by molar-refractivity contribution is -0.549. The predicted octanol–water partition coefficient (Wildman–Crippen LogP) is 0.835. The van der Waals surface area contributed by atoms with E-state index in [1.165, 1.54) is 24.9 Å². The van der Waals surface area contributed by atoms with E-state index in [-0.39, 0.29) is 16.7 Å². The lowest BCUT2D eigenvalue weighted by Gasteiger charge is -2.06. The third-order valence-corrected chi connectivity index (χ3v) is 3.46. The Morgan fingerprint density at radius 1 is 1.40 bits per heavy atom. The molecule has 3 rings (SSSR count). The molecule has 0 aliphatic rings. The van der Waals surface area contributed by atoms with Gasteiger partial charge in [-0.2, -0.15) is 9.71 Å². The van der Waals surface area contributed by atoms with Gasteiger partial charge in [0.25, 0.3) is 0 Å². The van der Waals surface area contributed by atoms with Gasteiger partial charge in [-0.25, -0.2) is 4.98 Å². The Balaban J connectivity index is 2.47. The van der Waals surface area contributed by atoms with E-state index in [0.717, 1.165) is 0 Å². The Labute approximate surface area is 117 Å². The number of hydrogen-bond acceptors (Lipinski definition) is 6. The fraction of sp³-hybridized carbons (Fsp3) is 0.167. The van der Waals surface area contributed by atoms with Crippen molar-refractivity contribution in [2.45, 2.75) is 5.16 Å². The van der Waals surface area contributed by atoms with Crippen LogP contribution in [0.4, 0.5) is 0 Å². The zero-order chi connectivity index (χ0) is 14.3. The number of nitrogens with zero attached hydrogens (tertiary/aromatic N) is 3. The summed E-state index contributed by atoms with van der Waals surface area (Å²) in [6.07, 6.45) is 1.78. The highest BCUT2D eigenvalue weighted by molar-refractivity contribution is 7.98. The van der Waals surface area contributed by atoms with E-state index < -0.39 is 5.56 Å². The van der Waals surface area contributed by atoms with Crippen LogP contribution in [0.2, 0.25) is 0 Å². The lowest BCUT2D eigenvalue weighted by atomic mass is 10.2. The highest BCUT2D eigenvalue weighted by atomic mass is 32.2. The first kappa shape index (κ1) is 12.7. The van der Waals surface area contributed by atoms with Gasteiger partial charge in [0.05, 0.1) is 13.2 Å². The molecule has 0 unspecified atom stereocenters. The molecule has 102 valence electrons. The number of aromatic amines is 1. The molecule has 0 spiro atoms. The molecule has 3 aromatic rings. The number of ether oxygens (including phenoxy) is 1. The van der Waals surface area contributed by atoms with Gasteiger partial charge in [-0.1, -0.05) is 11.8 Å². The molecule has 0 aliphatic heterocycles. The minimum atomic E-state index is -0.508. The van der Waals surface area contributed by atoms with Crippen LogP contribution in [-0.4, -0.2) is 28.3 Å². The first-order valence-electron chi connectivity index (χ1n) is 5.69. The average Bonchev–Trinajstić information content (AvgIpc) is 2.46. The summed E-state index contributed by atoms with van der Waals surface area (Å²) in [6, 6.07) is 4.89. The molecule has 20 heavy (non-hydrogen) atoms. The monoisotopic (exact) mass is 290 g/mol. The predicted molar refractivity (Wildman–Crippen MR) is 75.0 cm³/mol. The second kappa shape index (κ2) is 4.64. The Hall–Kier alpha value is -2.35. The molecule has 0 radical (unpaired) electrons. The molecule has 7 nitrogen and oxygen atoms in total. The van der Waals surface area contributed by atoms with Crippen LogP contribution in [-0.2, 0) is 0 Å². The third kappa shape index (κ3) is 1.85. The molecule has 0 fully saturated rings. The Kier molecular flexibility index (Phi) is 2.94. The number of benzene rings is 1. The maximum atomic E-state index is 12.3. The molecule has 0 amide bonds. The van der Waals surface area contributed by atoms with Gasteiger partial charge >= 0.3 is 11.1 Å². The van der Waals surface area contributed by atoms with Crippen LogP contribution in [0.5, 0.6) is 5.75 Å². The molecule has 2 heterocycles. The van der Waals surface area contributed by atoms with Crippen molar-refractivity contribution in [1.82, 2.24) is 15.0 Å². The summed E-state index contributed by atoms with van der Waals surface area (Å²) in [4.78, 5) is 22.9. The molecule has 0 saturated carbocycles. The van der Waals surface area contributed by atoms with Crippen LogP contribution in [0.1, 0.15) is 0 Å². The van der Waals surface area contributed by atoms with Gasteiger partial charge in [0, 0.05) is 0 Å². The minimum absolute atomic E-state index is 0.108. The molecular formula is C12H10N4O3S. The number of aromatic nitrogens is 4. The molecule has 8 heteroatoms. The molecule has 0 aliphatic carbocycles. The second-order valence-corrected chi connectivity index (χ2v) is 4.80. The summed E-state index contributed by atoms with van der Waals surface area (Å²) in [6.45, 7) is 0. The topological polar surface area (TPSA) is 94.8 Å². The first-order chi connectivity index (χ1) is 9.63. The number of fused-ring (bicyclic) bond motifs is 2. The lowest BCUT2D eigenvalue weighted by Crippen LogP contribution is -2.35. The Morgan fingerprint density at radius 2 is 2.20 bits per heavy atom. The molecule has 1 N–H and O–H groups in total. The Morgan fingerprint density at radius 3 is 2.90 bits per heavy atom. The summed E-state index contributed by atoms with van der Waals surface area (Å²) < 4.78 is 5.61. The van der Waals surface area contributed by atoms with Crippen LogP contribution in [0.25, 0.3) is 22.2 Å². The van der Waals surface area contributed by atoms with E-state index in [2.05, 4.69) is 15.0 Å². The summed E-state index contributed by atoms with van der Waals surface area (Å²) in [5.41, 5.74) is 0.236. The highest BCUT2D eigenvalue weighted by Crippen LogP contribution is 2.18. The molecular weight excluding hydrogens is 280 g/mol. The summed E-state index contributed by atoms with van der Waals surface area (Å²) in [5, 5.41) is 12.8. The van der Waals surface area contributed by atoms with Crippen molar-refractivity contribution in [3.05, 3.63) is 33.8 Å². The van der Waals surface area contributed by atoms with Crippen LogP contribution in [0.15, 0.2) is 28.2 Å². The van der Waals surface area contributed by atoms with Crippen molar-refractivity contribution in [1.29, 1.82) is 0 Å². The van der Waals surface area contributed by atoms with E-state index in [1.807, 2.05) is 0 Å². The zero-order valence-electron chi connectivity index (χ0n) is 10.7. The van der Waals surface area contributed by atoms with Gasteiger partial charge in [0.15, 0.2) is 5.16 Å². The van der Waals surface area contributed by atoms with Crippen molar-refractivity contribution in [3.63, 3.8) is 0 Å². The fourth-order valence-electron chi connectivity index (χ4n) is 1.91. The van der Waals surface area contributed by atoms with Crippen molar-refractivity contribution in [2.24, 2.45) is 0 Å². The summed E-state index contributed by atoms with van der Waals surface area (Å²) in [7, 11) is 1.50. The van der Waals surface area contributed by atoms with E-state index in [1.54, 1.807) is 18.4 Å². The number of rotatable bonds is 2. The molecule has 0 saturated heterocycles. The van der Waals surface area contributed by atoms with Crippen LogP contribution < -0.4 is 15.0 Å². The first-order valence-corrected chi connectivity index (χ1v) is 6.92. The quantitative estimate of drug-likeness (QED) is 0.247. The normalized spacial score (nSPS) is 11.1. The van der Waals surface area contributed by atoms with Crippen LogP contribution >= 0.6 is 11.8 Å². The van der Waals surface area contributed by atoms with Crippen molar-refractivity contribution >= 4 is 34.0 Å². The minimum Gasteiger partial charge on any atom is -0.618 e. The maximum absolute atomic E-state index is 12.3. The summed E-state index contributed by atoms with van der Waals surface area (Å²) >= 11 is 1.28. The van der Waals surface area contributed by atoms with Crippen molar-refractivity contribution in [2.75, 3.05) is 13.4 Å². The number of H-pyrrole nitrogens is 1. The van der Waals surface area contributed by atoms with E-state index in [0.29, 0.717) is 21.2 Å². The van der Waals surface area contributed by atoms with E-state index in [9.17, 15) is 10.0 Å². The number of hydrogen-bond donors (Lipinski definition) is 1. The third-order valence-electron chi connectivity index (χ3n) is 2.88. The summed E-state index contributed by atoms with van der Waals surface area (Å²) in [5.74, 6) is 0.522. The number of nitrogens with one attached hydrogen (secondary N) is 1. The van der Waals surface area contributed by atoms with Crippen LogP contribution in [0.3, 0.4) is 0 Å². The van der Waals surface area contributed by atoms with Gasteiger partial charge in [0.2, 0.25) is 11.2 Å². The van der Waals surface area contributed by atoms with E-state index >= 15 is 0 Å². The number of methoxy groups -OCH3 is 1. The van der Waals surface area contributed by atoms with Crippen molar-refractivity contribution < 1.29 is 9.47 Å². The fourth-order valence-corrected chi connectivity index (χ4v) is 2.29. The zero-order valence-corrected chi connectivity index (χ0v) is 11.5. The highest BCUT2D eigenvalue weighted by Gasteiger charge is 2.18. The number of thioether (sulfide) groups is 1. The molecule has 0 bridgehead atoms. The maximum Gasteiger partial charge on any atom is 0.327 e. The average molecular weight is 290 g/mol. The van der Waals surface area contributed by atoms with Gasteiger partial charge in [-0.15, -0.1) is 0 Å². The van der Waals surface area contributed by atoms with Crippen molar-refractivity contribution in [3.8, 4) is 5.75 Å². The van der Waals surface area contributed by atoms with Crippen LogP contribution in [0, 0.1) is 5.21 Å². The molecule has 2 aromatic heterocycles.